The zero-order valence-electron chi connectivity index (χ0n) is 9.41. The molecule has 0 N–H and O–H groups in total. The molecule has 0 fully saturated rings. The summed E-state index contributed by atoms with van der Waals surface area (Å²) in [6.07, 6.45) is 1.63. The molecule has 1 aromatic rings. The third kappa shape index (κ3) is 4.16. The van der Waals surface area contributed by atoms with Crippen LogP contribution in [0.4, 0.5) is 5.69 Å². The summed E-state index contributed by atoms with van der Waals surface area (Å²) in [5, 5.41) is 10.9. The maximum atomic E-state index is 10.9. The lowest BCUT2D eigenvalue weighted by molar-refractivity contribution is -0.386. The van der Waals surface area contributed by atoms with E-state index in [1.165, 1.54) is 6.07 Å². The monoisotopic (exact) mass is 321 g/mol. The minimum absolute atomic E-state index is 0.0113. The van der Waals surface area contributed by atoms with Crippen molar-refractivity contribution >= 4 is 33.2 Å². The second-order valence-corrected chi connectivity index (χ2v) is 4.87. The van der Waals surface area contributed by atoms with E-state index in [4.69, 9.17) is 16.3 Å². The van der Waals surface area contributed by atoms with Gasteiger partial charge in [0.25, 0.3) is 0 Å². The van der Waals surface area contributed by atoms with Crippen LogP contribution < -0.4 is 4.74 Å². The van der Waals surface area contributed by atoms with E-state index in [1.807, 2.05) is 0 Å². The smallest absolute Gasteiger partial charge is 0.312 e. The third-order valence-corrected chi connectivity index (χ3v) is 2.92. The first-order chi connectivity index (χ1) is 8.06. The van der Waals surface area contributed by atoms with Crippen molar-refractivity contribution in [3.8, 4) is 5.75 Å². The zero-order valence-corrected chi connectivity index (χ0v) is 11.8. The number of nitro groups is 1. The first-order valence-electron chi connectivity index (χ1n) is 5.19. The van der Waals surface area contributed by atoms with Gasteiger partial charge >= 0.3 is 5.69 Å². The van der Waals surface area contributed by atoms with Crippen LogP contribution in [0.25, 0.3) is 0 Å². The van der Waals surface area contributed by atoms with Crippen LogP contribution in [0.15, 0.2) is 16.6 Å². The number of halogens is 2. The first kappa shape index (κ1) is 14.3. The number of alkyl halides is 1. The van der Waals surface area contributed by atoms with Gasteiger partial charge in [0.1, 0.15) is 0 Å². The van der Waals surface area contributed by atoms with Crippen molar-refractivity contribution < 1.29 is 9.66 Å². The van der Waals surface area contributed by atoms with Gasteiger partial charge in [-0.3, -0.25) is 10.1 Å². The van der Waals surface area contributed by atoms with Gasteiger partial charge in [0.15, 0.2) is 5.75 Å². The summed E-state index contributed by atoms with van der Waals surface area (Å²) in [6.45, 7) is 2.23. The molecule has 17 heavy (non-hydrogen) atoms. The summed E-state index contributed by atoms with van der Waals surface area (Å²) >= 11 is 8.78. The number of hydrogen-bond acceptors (Lipinski definition) is 3. The number of aryl methyl sites for hydroxylation is 1. The SMILES string of the molecule is Cc1cc(Br)cc([N+](=O)[O-])c1OCCCCCl. The molecule has 0 radical (unpaired) electrons. The van der Waals surface area contributed by atoms with Crippen molar-refractivity contribution in [2.75, 3.05) is 12.5 Å². The molecular weight excluding hydrogens is 309 g/mol. The van der Waals surface area contributed by atoms with Gasteiger partial charge in [-0.05, 0) is 31.4 Å². The number of nitro benzene ring substituents is 1. The summed E-state index contributed by atoms with van der Waals surface area (Å²) in [6, 6.07) is 3.24. The van der Waals surface area contributed by atoms with Crippen molar-refractivity contribution in [1.29, 1.82) is 0 Å². The molecule has 0 amide bonds. The average molecular weight is 323 g/mol. The Kier molecular flexibility index (Phi) is 5.71. The molecule has 0 saturated carbocycles. The molecule has 1 rings (SSSR count). The predicted octanol–water partition coefficient (Wildman–Crippen LogP) is 4.06. The highest BCUT2D eigenvalue weighted by Crippen LogP contribution is 2.34. The number of unbranched alkanes of at least 4 members (excludes halogenated alkanes) is 1. The van der Waals surface area contributed by atoms with Crippen molar-refractivity contribution in [3.63, 3.8) is 0 Å². The van der Waals surface area contributed by atoms with E-state index < -0.39 is 4.92 Å². The van der Waals surface area contributed by atoms with Gasteiger partial charge in [-0.2, -0.15) is 0 Å². The molecule has 0 unspecified atom stereocenters. The molecule has 0 spiro atoms. The number of rotatable bonds is 6. The standard InChI is InChI=1S/C11H13BrClNO3/c1-8-6-9(12)7-10(14(15)16)11(8)17-5-3-2-4-13/h6-7H,2-5H2,1H3. The fraction of sp³-hybridized carbons (Fsp3) is 0.455. The maximum absolute atomic E-state index is 10.9. The fourth-order valence-corrected chi connectivity index (χ4v) is 2.16. The van der Waals surface area contributed by atoms with E-state index >= 15 is 0 Å². The zero-order chi connectivity index (χ0) is 12.8. The Bertz CT molecular complexity index is 412. The molecule has 0 atom stereocenters. The molecule has 1 aromatic carbocycles. The molecule has 0 aliphatic rings. The van der Waals surface area contributed by atoms with E-state index in [1.54, 1.807) is 13.0 Å². The Balaban J connectivity index is 2.85. The fourth-order valence-electron chi connectivity index (χ4n) is 1.41. The van der Waals surface area contributed by atoms with Crippen LogP contribution in [0.5, 0.6) is 5.75 Å². The number of hydrogen-bond donors (Lipinski definition) is 0. The van der Waals surface area contributed by atoms with Crippen LogP contribution in [0.3, 0.4) is 0 Å². The number of ether oxygens (including phenoxy) is 1. The van der Waals surface area contributed by atoms with Gasteiger partial charge in [0.05, 0.1) is 11.5 Å². The highest BCUT2D eigenvalue weighted by atomic mass is 79.9. The predicted molar refractivity (Wildman–Crippen MR) is 71.0 cm³/mol. The van der Waals surface area contributed by atoms with Gasteiger partial charge in [-0.15, -0.1) is 11.6 Å². The van der Waals surface area contributed by atoms with Gasteiger partial charge in [-0.1, -0.05) is 15.9 Å². The number of nitrogens with zero attached hydrogens (tertiary/aromatic N) is 1. The van der Waals surface area contributed by atoms with E-state index in [-0.39, 0.29) is 5.69 Å². The molecule has 0 aliphatic heterocycles. The minimum atomic E-state index is -0.436. The van der Waals surface area contributed by atoms with Crippen LogP contribution >= 0.6 is 27.5 Å². The molecule has 0 aliphatic carbocycles. The third-order valence-electron chi connectivity index (χ3n) is 2.19. The van der Waals surface area contributed by atoms with E-state index in [2.05, 4.69) is 15.9 Å². The van der Waals surface area contributed by atoms with Crippen LogP contribution in [0.1, 0.15) is 18.4 Å². The Labute approximate surface area is 113 Å². The van der Waals surface area contributed by atoms with Crippen molar-refractivity contribution in [2.24, 2.45) is 0 Å². The van der Waals surface area contributed by atoms with E-state index in [9.17, 15) is 10.1 Å². The average Bonchev–Trinajstić information content (AvgIpc) is 2.25. The number of benzene rings is 1. The second-order valence-electron chi connectivity index (χ2n) is 3.57. The van der Waals surface area contributed by atoms with E-state index in [0.717, 1.165) is 18.4 Å². The first-order valence-corrected chi connectivity index (χ1v) is 6.52. The van der Waals surface area contributed by atoms with Gasteiger partial charge in [-0.25, -0.2) is 0 Å². The highest BCUT2D eigenvalue weighted by molar-refractivity contribution is 9.10. The molecule has 4 nitrogen and oxygen atoms in total. The van der Waals surface area contributed by atoms with Crippen molar-refractivity contribution in [1.82, 2.24) is 0 Å². The Morgan fingerprint density at radius 2 is 2.18 bits per heavy atom. The van der Waals surface area contributed by atoms with E-state index in [0.29, 0.717) is 22.7 Å². The van der Waals surface area contributed by atoms with Crippen LogP contribution in [0.2, 0.25) is 0 Å². The molecular formula is C11H13BrClNO3. The molecule has 0 bridgehead atoms. The van der Waals surface area contributed by atoms with Gasteiger partial charge in [0.2, 0.25) is 0 Å². The Morgan fingerprint density at radius 1 is 1.47 bits per heavy atom. The van der Waals surface area contributed by atoms with Gasteiger partial charge < -0.3 is 4.74 Å². The van der Waals surface area contributed by atoms with Crippen molar-refractivity contribution in [2.45, 2.75) is 19.8 Å². The molecule has 0 saturated heterocycles. The minimum Gasteiger partial charge on any atom is -0.487 e. The summed E-state index contributed by atoms with van der Waals surface area (Å²) in [7, 11) is 0. The second kappa shape index (κ2) is 6.81. The van der Waals surface area contributed by atoms with Crippen LogP contribution in [-0.4, -0.2) is 17.4 Å². The molecule has 0 aromatic heterocycles. The quantitative estimate of drug-likeness (QED) is 0.343. The summed E-state index contributed by atoms with van der Waals surface area (Å²) in [5.74, 6) is 0.915. The Hall–Kier alpha value is -0.810. The molecule has 0 heterocycles. The summed E-state index contributed by atoms with van der Waals surface area (Å²) in [5.41, 5.74) is 0.736. The highest BCUT2D eigenvalue weighted by Gasteiger charge is 2.18. The lowest BCUT2D eigenvalue weighted by Crippen LogP contribution is -2.02. The van der Waals surface area contributed by atoms with Crippen LogP contribution in [0, 0.1) is 17.0 Å². The summed E-state index contributed by atoms with van der Waals surface area (Å²) in [4.78, 5) is 10.5. The lowest BCUT2D eigenvalue weighted by atomic mass is 10.2. The normalized spacial score (nSPS) is 10.3. The largest absolute Gasteiger partial charge is 0.487 e. The van der Waals surface area contributed by atoms with Crippen LogP contribution in [-0.2, 0) is 0 Å². The Morgan fingerprint density at radius 3 is 2.76 bits per heavy atom. The lowest BCUT2D eigenvalue weighted by Gasteiger charge is -2.09. The molecule has 6 heteroatoms. The van der Waals surface area contributed by atoms with Crippen molar-refractivity contribution in [3.05, 3.63) is 32.3 Å². The maximum Gasteiger partial charge on any atom is 0.312 e. The topological polar surface area (TPSA) is 52.4 Å². The van der Waals surface area contributed by atoms with Gasteiger partial charge in [0, 0.05) is 16.4 Å². The molecule has 94 valence electrons. The summed E-state index contributed by atoms with van der Waals surface area (Å²) < 4.78 is 6.14.